The first-order valence-corrected chi connectivity index (χ1v) is 12.6. The second kappa shape index (κ2) is 15.7. The van der Waals surface area contributed by atoms with Crippen LogP contribution in [0.3, 0.4) is 0 Å². The van der Waals surface area contributed by atoms with Crippen molar-refractivity contribution in [3.63, 3.8) is 0 Å². The first kappa shape index (κ1) is 33.2. The third-order valence-corrected chi connectivity index (χ3v) is 6.17. The van der Waals surface area contributed by atoms with Gasteiger partial charge in [0.2, 0.25) is 17.8 Å². The molecule has 0 atom stereocenters. The number of para-hydroxylation sites is 1. The topological polar surface area (TPSA) is 173 Å². The number of nitrogens with one attached hydrogen (secondary N) is 3. The van der Waals surface area contributed by atoms with Gasteiger partial charge in [-0.15, -0.1) is 0 Å². The van der Waals surface area contributed by atoms with Crippen LogP contribution < -0.4 is 80.3 Å². The van der Waals surface area contributed by atoms with Crippen LogP contribution in [0.2, 0.25) is 0 Å². The van der Waals surface area contributed by atoms with Crippen LogP contribution in [0, 0.1) is 0 Å². The van der Waals surface area contributed by atoms with E-state index in [1.165, 1.54) is 18.2 Å². The Balaban J connectivity index is 0.00000267. The minimum Gasteiger partial charge on any atom is -0.744 e. The maximum absolute atomic E-state index is 11.7. The van der Waals surface area contributed by atoms with Crippen molar-refractivity contribution in [3.8, 4) is 0 Å². The van der Waals surface area contributed by atoms with Crippen LogP contribution in [0.25, 0.3) is 6.08 Å². The maximum atomic E-state index is 11.7. The Labute approximate surface area is 273 Å². The van der Waals surface area contributed by atoms with Crippen molar-refractivity contribution in [1.29, 1.82) is 0 Å². The van der Waals surface area contributed by atoms with Gasteiger partial charge in [0.1, 0.15) is 10.1 Å². The smallest absolute Gasteiger partial charge is 0.744 e. The van der Waals surface area contributed by atoms with Gasteiger partial charge in [-0.2, -0.15) is 19.3 Å². The van der Waals surface area contributed by atoms with Crippen LogP contribution in [0.15, 0.2) is 89.2 Å². The van der Waals surface area contributed by atoms with Gasteiger partial charge >= 0.3 is 59.1 Å². The van der Waals surface area contributed by atoms with Crippen LogP contribution in [0.5, 0.6) is 0 Å². The first-order valence-electron chi connectivity index (χ1n) is 10.4. The summed E-state index contributed by atoms with van der Waals surface area (Å²) in [4.78, 5) is 13.3. The van der Waals surface area contributed by atoms with E-state index in [4.69, 9.17) is 0 Å². The molecule has 16 heteroatoms. The standard InChI is InChI=1S/C23H20N6O6S2.2Na/c1-2-15-8-9-18(14-20(15)37(31,32)33)26-23-28-21(24-16-6-4-3-5-7-16)27-22(29-23)25-17-10-12-19(13-11-17)36-35-34-30;;/h2-14,30H,1H2,(H,31,32,33)(H3,24,25,26,27,28,29);;/q;2*+1/p-2. The van der Waals surface area contributed by atoms with Crippen molar-refractivity contribution in [2.75, 3.05) is 16.0 Å². The molecule has 4 rings (SSSR count). The monoisotopic (exact) mass is 584 g/mol. The zero-order valence-electron chi connectivity index (χ0n) is 20.8. The van der Waals surface area contributed by atoms with Crippen LogP contribution in [-0.2, 0) is 19.5 Å². The van der Waals surface area contributed by atoms with E-state index in [9.17, 15) is 18.2 Å². The van der Waals surface area contributed by atoms with Crippen LogP contribution in [0.4, 0.5) is 34.9 Å². The Bertz CT molecular complexity index is 1500. The summed E-state index contributed by atoms with van der Waals surface area (Å²) in [6, 6.07) is 20.2. The summed E-state index contributed by atoms with van der Waals surface area (Å²) in [7, 11) is -4.74. The molecule has 0 saturated heterocycles. The van der Waals surface area contributed by atoms with Gasteiger partial charge in [-0.05, 0) is 54.1 Å². The van der Waals surface area contributed by atoms with E-state index in [2.05, 4.69) is 46.9 Å². The molecule has 12 nitrogen and oxygen atoms in total. The molecule has 0 saturated carbocycles. The molecule has 0 spiro atoms. The van der Waals surface area contributed by atoms with E-state index >= 15 is 0 Å². The van der Waals surface area contributed by atoms with Crippen molar-refractivity contribution in [1.82, 2.24) is 15.0 Å². The molecule has 4 aromatic rings. The molecule has 1 heterocycles. The van der Waals surface area contributed by atoms with E-state index in [-0.39, 0.29) is 88.2 Å². The van der Waals surface area contributed by atoms with Crippen LogP contribution in [-0.4, -0.2) is 27.9 Å². The minimum absolute atomic E-state index is 0. The molecule has 3 aromatic carbocycles. The Morgan fingerprint density at radius 3 is 1.82 bits per heavy atom. The number of aromatic nitrogens is 3. The number of anilines is 6. The SMILES string of the molecule is C=Cc1ccc(Nc2nc(Nc3ccccc3)nc(Nc3ccc(SOO[O-])cc3)n2)cc1S(=O)(=O)[O-].[Na+].[Na+]. The molecule has 0 aliphatic heterocycles. The van der Waals surface area contributed by atoms with Gasteiger partial charge in [0, 0.05) is 22.0 Å². The van der Waals surface area contributed by atoms with Gasteiger partial charge in [0.25, 0.3) is 0 Å². The van der Waals surface area contributed by atoms with Crippen LogP contribution in [0.1, 0.15) is 5.56 Å². The summed E-state index contributed by atoms with van der Waals surface area (Å²) < 4.78 is 39.4. The number of hydrogen-bond acceptors (Lipinski definition) is 13. The minimum atomic E-state index is -4.74. The third-order valence-electron chi connectivity index (χ3n) is 4.69. The molecule has 1 aromatic heterocycles. The van der Waals surface area contributed by atoms with E-state index in [0.29, 0.717) is 10.6 Å². The Morgan fingerprint density at radius 1 is 0.795 bits per heavy atom. The summed E-state index contributed by atoms with van der Waals surface area (Å²) in [6.45, 7) is 3.54. The van der Waals surface area contributed by atoms with Gasteiger partial charge in [-0.25, -0.2) is 8.42 Å². The van der Waals surface area contributed by atoms with Crippen LogP contribution >= 0.6 is 12.0 Å². The summed E-state index contributed by atoms with van der Waals surface area (Å²) in [6.07, 6.45) is 1.28. The molecule has 0 aliphatic rings. The van der Waals surface area contributed by atoms with Crippen molar-refractivity contribution in [3.05, 3.63) is 84.9 Å². The average Bonchev–Trinajstić information content (AvgIpc) is 2.88. The Kier molecular flexibility index (Phi) is 13.3. The predicted molar refractivity (Wildman–Crippen MR) is 135 cm³/mol. The van der Waals surface area contributed by atoms with Crippen molar-refractivity contribution in [2.24, 2.45) is 0 Å². The molecular formula is C23H18N6Na2O6S2. The molecule has 39 heavy (non-hydrogen) atoms. The molecule has 190 valence electrons. The zero-order chi connectivity index (χ0) is 26.3. The molecular weight excluding hydrogens is 566 g/mol. The van der Waals surface area contributed by atoms with Crippen molar-refractivity contribution in [2.45, 2.75) is 9.79 Å². The normalized spacial score (nSPS) is 10.5. The predicted octanol–water partition coefficient (Wildman–Crippen LogP) is -2.11. The van der Waals surface area contributed by atoms with E-state index in [1.54, 1.807) is 30.3 Å². The fourth-order valence-electron chi connectivity index (χ4n) is 3.10. The summed E-state index contributed by atoms with van der Waals surface area (Å²) in [5, 5.41) is 22.4. The summed E-state index contributed by atoms with van der Waals surface area (Å²) in [5.41, 5.74) is 1.79. The maximum Gasteiger partial charge on any atom is 1.00 e. The van der Waals surface area contributed by atoms with Gasteiger partial charge in [-0.1, -0.05) is 36.9 Å². The summed E-state index contributed by atoms with van der Waals surface area (Å²) >= 11 is 0.753. The number of rotatable bonds is 11. The summed E-state index contributed by atoms with van der Waals surface area (Å²) in [5.74, 6) is 0.429. The second-order valence-electron chi connectivity index (χ2n) is 7.20. The Morgan fingerprint density at radius 2 is 1.31 bits per heavy atom. The third kappa shape index (κ3) is 9.82. The van der Waals surface area contributed by atoms with Gasteiger partial charge in [-0.3, -0.25) is 5.04 Å². The van der Waals surface area contributed by atoms with Gasteiger partial charge < -0.3 is 25.8 Å². The molecule has 0 bridgehead atoms. The number of hydrogen-bond donors (Lipinski definition) is 3. The van der Waals surface area contributed by atoms with Crippen molar-refractivity contribution < 1.29 is 86.7 Å². The van der Waals surface area contributed by atoms with Gasteiger partial charge in [0.05, 0.1) is 16.9 Å². The number of nitrogens with zero attached hydrogens (tertiary/aromatic N) is 3. The largest absolute Gasteiger partial charge is 1.00 e. The van der Waals surface area contributed by atoms with Gasteiger partial charge in [0.15, 0.2) is 0 Å². The van der Waals surface area contributed by atoms with E-state index in [1.807, 2.05) is 30.3 Å². The average molecular weight is 585 g/mol. The van der Waals surface area contributed by atoms with Crippen molar-refractivity contribution >= 4 is 63.1 Å². The van der Waals surface area contributed by atoms with E-state index < -0.39 is 15.0 Å². The molecule has 3 N–H and O–H groups in total. The first-order chi connectivity index (χ1) is 17.8. The fourth-order valence-corrected chi connectivity index (χ4v) is 4.16. The fraction of sp³-hybridized carbons (Fsp3) is 0. The molecule has 0 aliphatic carbocycles. The second-order valence-corrected chi connectivity index (χ2v) is 9.32. The quantitative estimate of drug-likeness (QED) is 0.0575. The molecule has 0 radical (unpaired) electrons. The molecule has 0 amide bonds. The molecule has 0 fully saturated rings. The van der Waals surface area contributed by atoms with E-state index in [0.717, 1.165) is 17.7 Å². The molecule has 0 unspecified atom stereocenters. The Hall–Kier alpha value is -2.05. The zero-order valence-corrected chi connectivity index (χ0v) is 26.5. The number of benzene rings is 3.